The molecule has 3 aromatic carbocycles. The minimum Gasteiger partial charge on any atom is -0.497 e. The molecule has 0 aliphatic carbocycles. The number of aryl methyl sites for hydroxylation is 1. The van der Waals surface area contributed by atoms with E-state index in [-0.39, 0.29) is 17.9 Å². The summed E-state index contributed by atoms with van der Waals surface area (Å²) >= 11 is 0. The summed E-state index contributed by atoms with van der Waals surface area (Å²) in [6.07, 6.45) is -0.839. The minimum atomic E-state index is -4.42. The molecule has 0 unspecified atom stereocenters. The number of anilines is 1. The van der Waals surface area contributed by atoms with Crippen LogP contribution in [0.1, 0.15) is 22.3 Å². The van der Waals surface area contributed by atoms with Crippen LogP contribution >= 0.6 is 0 Å². The van der Waals surface area contributed by atoms with Crippen molar-refractivity contribution in [2.24, 2.45) is 12.2 Å². The van der Waals surface area contributed by atoms with Gasteiger partial charge in [-0.1, -0.05) is 24.3 Å². The molecule has 0 bridgehead atoms. The average molecular weight is 531 g/mol. The number of imidazole rings is 1. The first kappa shape index (κ1) is 26.2. The number of hydrogen-bond donors (Lipinski definition) is 2. The van der Waals surface area contributed by atoms with Gasteiger partial charge in [0.05, 0.1) is 29.6 Å². The average Bonchev–Trinajstić information content (AvgIpc) is 3.27. The van der Waals surface area contributed by atoms with Crippen LogP contribution < -0.4 is 15.2 Å². The Labute approximate surface area is 212 Å². The lowest BCUT2D eigenvalue weighted by atomic mass is 9.96. The summed E-state index contributed by atoms with van der Waals surface area (Å²) in [4.78, 5) is 4.40. The number of sulfonamides is 1. The molecule has 0 amide bonds. The molecule has 0 spiro atoms. The van der Waals surface area contributed by atoms with E-state index in [1.807, 2.05) is 12.1 Å². The Kier molecular flexibility index (Phi) is 7.28. The summed E-state index contributed by atoms with van der Waals surface area (Å²) < 4.78 is 70.8. The first-order chi connectivity index (χ1) is 17.5. The number of alkyl halides is 3. The summed E-state index contributed by atoms with van der Waals surface area (Å²) in [7, 11) is -0.741. The molecule has 0 fully saturated rings. The number of hydrogen-bond acceptors (Lipinski definition) is 5. The molecule has 3 N–H and O–H groups in total. The normalized spacial score (nSPS) is 11.9. The highest BCUT2D eigenvalue weighted by atomic mass is 32.2. The van der Waals surface area contributed by atoms with Gasteiger partial charge in [0.1, 0.15) is 5.75 Å². The monoisotopic (exact) mass is 530 g/mol. The first-order valence-corrected chi connectivity index (χ1v) is 12.7. The standard InChI is InChI=1S/C26H25F3N4O3S/c1-33-15-23(32-16-33)25-21(13-17-5-9-20(36-2)10-6-17)24(37(30,34)35)12-11-22(25)31-14-18-3-7-19(8-4-18)26(27,28)29/h3-12,15-16,31H,13-14H2,1-2H3,(H2,30,34,35). The number of halogens is 3. The van der Waals surface area contributed by atoms with Gasteiger partial charge in [0.15, 0.2) is 0 Å². The van der Waals surface area contributed by atoms with Crippen molar-refractivity contribution >= 4 is 15.7 Å². The van der Waals surface area contributed by atoms with Crippen molar-refractivity contribution in [3.63, 3.8) is 0 Å². The molecule has 37 heavy (non-hydrogen) atoms. The molecule has 1 aromatic heterocycles. The van der Waals surface area contributed by atoms with Crippen molar-refractivity contribution in [3.05, 3.63) is 95.4 Å². The van der Waals surface area contributed by atoms with Crippen LogP contribution in [0.4, 0.5) is 18.9 Å². The number of rotatable bonds is 8. The summed E-state index contributed by atoms with van der Waals surface area (Å²) in [6.45, 7) is 0.203. The molecule has 7 nitrogen and oxygen atoms in total. The van der Waals surface area contributed by atoms with Gasteiger partial charge in [-0.3, -0.25) is 0 Å². The second kappa shape index (κ2) is 10.3. The smallest absolute Gasteiger partial charge is 0.416 e. The summed E-state index contributed by atoms with van der Waals surface area (Å²) in [5.41, 5.74) is 2.78. The number of aromatic nitrogens is 2. The second-order valence-corrected chi connectivity index (χ2v) is 10.0. The van der Waals surface area contributed by atoms with Crippen LogP contribution in [-0.4, -0.2) is 25.1 Å². The summed E-state index contributed by atoms with van der Waals surface area (Å²) in [5.74, 6) is 0.660. The fourth-order valence-corrected chi connectivity index (χ4v) is 4.78. The summed E-state index contributed by atoms with van der Waals surface area (Å²) in [5, 5.41) is 8.82. The highest BCUT2D eigenvalue weighted by Crippen LogP contribution is 2.37. The molecule has 0 aliphatic rings. The third-order valence-electron chi connectivity index (χ3n) is 5.84. The predicted octanol–water partition coefficient (Wildman–Crippen LogP) is 4.96. The van der Waals surface area contributed by atoms with E-state index in [1.54, 1.807) is 49.4 Å². The molecule has 0 saturated heterocycles. The third-order valence-corrected chi connectivity index (χ3v) is 6.84. The van der Waals surface area contributed by atoms with E-state index in [4.69, 9.17) is 9.88 Å². The van der Waals surface area contributed by atoms with E-state index in [9.17, 15) is 21.6 Å². The van der Waals surface area contributed by atoms with E-state index in [0.717, 1.165) is 17.7 Å². The number of nitrogens with one attached hydrogen (secondary N) is 1. The van der Waals surface area contributed by atoms with Gasteiger partial charge >= 0.3 is 6.18 Å². The maximum Gasteiger partial charge on any atom is 0.416 e. The second-order valence-electron chi connectivity index (χ2n) is 8.51. The van der Waals surface area contributed by atoms with Gasteiger partial charge in [-0.15, -0.1) is 0 Å². The van der Waals surface area contributed by atoms with Crippen molar-refractivity contribution in [2.45, 2.75) is 24.0 Å². The van der Waals surface area contributed by atoms with E-state index in [0.29, 0.717) is 33.8 Å². The Bertz CT molecular complexity index is 1500. The Morgan fingerprint density at radius 1 is 1.00 bits per heavy atom. The number of nitrogens with zero attached hydrogens (tertiary/aromatic N) is 2. The molecule has 4 aromatic rings. The Balaban J connectivity index is 1.78. The van der Waals surface area contributed by atoms with Gasteiger partial charge in [0.2, 0.25) is 10.0 Å². The first-order valence-electron chi connectivity index (χ1n) is 11.2. The topological polar surface area (TPSA) is 99.2 Å². The van der Waals surface area contributed by atoms with Crippen LogP contribution in [0.15, 0.2) is 78.1 Å². The summed E-state index contributed by atoms with van der Waals surface area (Å²) in [6, 6.07) is 15.1. The van der Waals surface area contributed by atoms with E-state index >= 15 is 0 Å². The number of primary sulfonamides is 1. The lowest BCUT2D eigenvalue weighted by molar-refractivity contribution is -0.137. The van der Waals surface area contributed by atoms with Crippen LogP contribution in [0.5, 0.6) is 5.75 Å². The molecular formula is C26H25F3N4O3S. The van der Waals surface area contributed by atoms with E-state index in [1.165, 1.54) is 18.2 Å². The Morgan fingerprint density at radius 2 is 1.65 bits per heavy atom. The maximum absolute atomic E-state index is 12.9. The van der Waals surface area contributed by atoms with Crippen LogP contribution in [0.25, 0.3) is 11.3 Å². The molecule has 11 heteroatoms. The van der Waals surface area contributed by atoms with Crippen molar-refractivity contribution in [2.75, 3.05) is 12.4 Å². The molecule has 194 valence electrons. The number of ether oxygens (including phenoxy) is 1. The van der Waals surface area contributed by atoms with E-state index < -0.39 is 21.8 Å². The largest absolute Gasteiger partial charge is 0.497 e. The molecule has 1 heterocycles. The quantitative estimate of drug-likeness (QED) is 0.335. The third kappa shape index (κ3) is 6.12. The SMILES string of the molecule is COc1ccc(Cc2c(S(N)(=O)=O)ccc(NCc3ccc(C(F)(F)F)cc3)c2-c2cn(C)cn2)cc1. The number of methoxy groups -OCH3 is 1. The van der Waals surface area contributed by atoms with E-state index in [2.05, 4.69) is 10.3 Å². The number of nitrogens with two attached hydrogens (primary N) is 1. The molecular weight excluding hydrogens is 505 g/mol. The predicted molar refractivity (Wildman–Crippen MR) is 135 cm³/mol. The fraction of sp³-hybridized carbons (Fsp3) is 0.192. The van der Waals surface area contributed by atoms with Gasteiger partial charge in [-0.05, 0) is 59.5 Å². The van der Waals surface area contributed by atoms with Crippen molar-refractivity contribution in [1.29, 1.82) is 0 Å². The maximum atomic E-state index is 12.9. The zero-order valence-corrected chi connectivity index (χ0v) is 20.9. The molecule has 4 rings (SSSR count). The highest BCUT2D eigenvalue weighted by molar-refractivity contribution is 7.89. The van der Waals surface area contributed by atoms with Gasteiger partial charge in [0, 0.05) is 31.0 Å². The van der Waals surface area contributed by atoms with Crippen molar-refractivity contribution < 1.29 is 26.3 Å². The Morgan fingerprint density at radius 3 is 2.19 bits per heavy atom. The number of benzene rings is 3. The lowest BCUT2D eigenvalue weighted by Gasteiger charge is -2.19. The van der Waals surface area contributed by atoms with Gasteiger partial charge < -0.3 is 14.6 Å². The molecule has 0 radical (unpaired) electrons. The van der Waals surface area contributed by atoms with Gasteiger partial charge in [0.25, 0.3) is 0 Å². The highest BCUT2D eigenvalue weighted by Gasteiger charge is 2.30. The minimum absolute atomic E-state index is 0.0379. The molecule has 0 atom stereocenters. The zero-order chi connectivity index (χ0) is 26.8. The van der Waals surface area contributed by atoms with Crippen LogP contribution in [0.2, 0.25) is 0 Å². The molecule has 0 saturated carbocycles. The van der Waals surface area contributed by atoms with Crippen LogP contribution in [-0.2, 0) is 36.2 Å². The van der Waals surface area contributed by atoms with Gasteiger partial charge in [-0.25, -0.2) is 18.5 Å². The van der Waals surface area contributed by atoms with Gasteiger partial charge in [-0.2, -0.15) is 13.2 Å². The van der Waals surface area contributed by atoms with Crippen LogP contribution in [0, 0.1) is 0 Å². The Hall–Kier alpha value is -3.83. The van der Waals surface area contributed by atoms with Crippen LogP contribution in [0.3, 0.4) is 0 Å². The fourth-order valence-electron chi connectivity index (χ4n) is 4.01. The zero-order valence-electron chi connectivity index (χ0n) is 20.1. The van der Waals surface area contributed by atoms with Crippen molar-refractivity contribution in [1.82, 2.24) is 9.55 Å². The lowest BCUT2D eigenvalue weighted by Crippen LogP contribution is -2.16. The van der Waals surface area contributed by atoms with Crippen molar-refractivity contribution in [3.8, 4) is 17.0 Å². The molecule has 0 aliphatic heterocycles.